The van der Waals surface area contributed by atoms with E-state index in [1.165, 1.54) is 29.2 Å². The summed E-state index contributed by atoms with van der Waals surface area (Å²) < 4.78 is 39.4. The number of carbonyl (C=O) groups excluding carboxylic acids is 2. The first kappa shape index (κ1) is 25.1. The van der Waals surface area contributed by atoms with Gasteiger partial charge < -0.3 is 19.4 Å². The van der Waals surface area contributed by atoms with Gasteiger partial charge in [-0.3, -0.25) is 4.79 Å². The van der Waals surface area contributed by atoms with Crippen LogP contribution >= 0.6 is 23.1 Å². The number of anilines is 1. The summed E-state index contributed by atoms with van der Waals surface area (Å²) in [4.78, 5) is 26.3. The maximum atomic E-state index is 13.9. The summed E-state index contributed by atoms with van der Waals surface area (Å²) in [5.74, 6) is -1.86. The topological polar surface area (TPSA) is 95.3 Å². The van der Waals surface area contributed by atoms with Crippen LogP contribution in [0.2, 0.25) is 0 Å². The Labute approximate surface area is 209 Å². The molecule has 0 fully saturated rings. The Morgan fingerprint density at radius 3 is 2.83 bits per heavy atom. The lowest BCUT2D eigenvalue weighted by Gasteiger charge is -2.14. The van der Waals surface area contributed by atoms with Gasteiger partial charge in [-0.15, -0.1) is 21.5 Å². The number of hydrogen-bond donors (Lipinski definition) is 1. The largest absolute Gasteiger partial charge is 0.480 e. The van der Waals surface area contributed by atoms with Crippen molar-refractivity contribution >= 4 is 40.0 Å². The Kier molecular flexibility index (Phi) is 7.70. The van der Waals surface area contributed by atoms with Crippen LogP contribution in [0.4, 0.5) is 13.8 Å². The zero-order chi connectivity index (χ0) is 25.1. The minimum Gasteiger partial charge on any atom is -0.480 e. The first-order valence-electron chi connectivity index (χ1n) is 11.0. The molecule has 1 unspecified atom stereocenters. The van der Waals surface area contributed by atoms with E-state index in [4.69, 9.17) is 9.47 Å². The van der Waals surface area contributed by atoms with E-state index in [1.54, 1.807) is 25.5 Å². The molecule has 0 spiro atoms. The monoisotopic (exact) mass is 522 g/mol. The first-order valence-corrected chi connectivity index (χ1v) is 12.8. The fraction of sp³-hybridized carbons (Fsp3) is 0.391. The van der Waals surface area contributed by atoms with Gasteiger partial charge in [0.15, 0.2) is 28.7 Å². The number of aromatic nitrogens is 3. The second-order valence-corrected chi connectivity index (χ2v) is 9.90. The molecular formula is C23H24F2N4O4S2. The average molecular weight is 523 g/mol. The van der Waals surface area contributed by atoms with Crippen molar-refractivity contribution in [3.8, 4) is 5.75 Å². The van der Waals surface area contributed by atoms with Gasteiger partial charge in [-0.25, -0.2) is 13.6 Å². The van der Waals surface area contributed by atoms with Crippen LogP contribution in [0.5, 0.6) is 5.75 Å². The van der Waals surface area contributed by atoms with Crippen LogP contribution in [0.15, 0.2) is 23.4 Å². The molecule has 186 valence electrons. The molecule has 0 aliphatic heterocycles. The molecule has 3 aromatic rings. The van der Waals surface area contributed by atoms with Gasteiger partial charge in [0.1, 0.15) is 10.8 Å². The Balaban J connectivity index is 1.39. The number of amides is 1. The summed E-state index contributed by atoms with van der Waals surface area (Å²) in [6.45, 7) is 3.68. The Hall–Kier alpha value is -2.99. The summed E-state index contributed by atoms with van der Waals surface area (Å²) in [6.07, 6.45) is 2.01. The number of fused-ring (bicyclic) bond motifs is 1. The normalized spacial score (nSPS) is 13.4. The molecule has 4 rings (SSSR count). The van der Waals surface area contributed by atoms with Gasteiger partial charge >= 0.3 is 5.97 Å². The summed E-state index contributed by atoms with van der Waals surface area (Å²) in [6, 6.07) is 3.06. The fourth-order valence-electron chi connectivity index (χ4n) is 3.82. The van der Waals surface area contributed by atoms with Gasteiger partial charge in [0.25, 0.3) is 0 Å². The van der Waals surface area contributed by atoms with Crippen molar-refractivity contribution in [2.24, 2.45) is 7.05 Å². The maximum absolute atomic E-state index is 13.9. The van der Waals surface area contributed by atoms with Gasteiger partial charge in [-0.2, -0.15) is 0 Å². The highest BCUT2D eigenvalue weighted by atomic mass is 32.2. The standard InChI is InChI=1S/C23H24F2N4O4S2/c1-4-32-22(31)19-14-6-5-7-17(14)35-21(19)26-18(30)11-34-23-28-27-20(29(23)3)12(2)33-16-9-8-13(24)10-15(16)25/h8-10,12H,4-7,11H2,1-3H3,(H,26,30). The number of aryl methyl sites for hydroxylation is 1. The van der Waals surface area contributed by atoms with Crippen LogP contribution in [0, 0.1) is 11.6 Å². The molecule has 1 aliphatic rings. The zero-order valence-corrected chi connectivity index (χ0v) is 21.0. The smallest absolute Gasteiger partial charge is 0.341 e. The molecule has 1 aromatic carbocycles. The van der Waals surface area contributed by atoms with Crippen LogP contribution < -0.4 is 10.1 Å². The number of esters is 1. The Morgan fingerprint density at radius 1 is 1.29 bits per heavy atom. The number of hydrogen-bond acceptors (Lipinski definition) is 8. The molecule has 0 saturated carbocycles. The predicted molar refractivity (Wildman–Crippen MR) is 128 cm³/mol. The van der Waals surface area contributed by atoms with Gasteiger partial charge in [0, 0.05) is 18.0 Å². The van der Waals surface area contributed by atoms with Crippen LogP contribution in [-0.2, 0) is 29.4 Å². The van der Waals surface area contributed by atoms with Crippen molar-refractivity contribution in [2.75, 3.05) is 17.7 Å². The van der Waals surface area contributed by atoms with Crippen molar-refractivity contribution in [3.05, 3.63) is 51.7 Å². The number of rotatable bonds is 9. The number of carbonyl (C=O) groups is 2. The first-order chi connectivity index (χ1) is 16.8. The van der Waals surface area contributed by atoms with E-state index in [0.717, 1.165) is 41.8 Å². The third-order valence-corrected chi connectivity index (χ3v) is 7.64. The molecule has 8 nitrogen and oxygen atoms in total. The molecule has 2 aromatic heterocycles. The van der Waals surface area contributed by atoms with Crippen molar-refractivity contribution in [1.82, 2.24) is 14.8 Å². The molecule has 12 heteroatoms. The summed E-state index contributed by atoms with van der Waals surface area (Å²) in [5, 5.41) is 12.0. The number of thioether (sulfide) groups is 1. The minimum absolute atomic E-state index is 0.0403. The van der Waals surface area contributed by atoms with Crippen LogP contribution in [0.1, 0.15) is 53.0 Å². The molecule has 1 aliphatic carbocycles. The highest BCUT2D eigenvalue weighted by molar-refractivity contribution is 7.99. The fourth-order valence-corrected chi connectivity index (χ4v) is 5.84. The van der Waals surface area contributed by atoms with Gasteiger partial charge in [-0.1, -0.05) is 11.8 Å². The highest BCUT2D eigenvalue weighted by Gasteiger charge is 2.28. The molecule has 2 heterocycles. The maximum Gasteiger partial charge on any atom is 0.341 e. The van der Waals surface area contributed by atoms with E-state index in [2.05, 4.69) is 15.5 Å². The SMILES string of the molecule is CCOC(=O)c1c(NC(=O)CSc2nnc(C(C)Oc3ccc(F)cc3F)n2C)sc2c1CCC2. The third-order valence-electron chi connectivity index (χ3n) is 5.42. The van der Waals surface area contributed by atoms with E-state index in [0.29, 0.717) is 21.5 Å². The van der Waals surface area contributed by atoms with Crippen molar-refractivity contribution < 1.29 is 27.8 Å². The van der Waals surface area contributed by atoms with Gasteiger partial charge in [0.05, 0.1) is 17.9 Å². The van der Waals surface area contributed by atoms with Gasteiger partial charge in [-0.05, 0) is 50.8 Å². The minimum atomic E-state index is -0.813. The van der Waals surface area contributed by atoms with Crippen LogP contribution in [0.3, 0.4) is 0 Å². The van der Waals surface area contributed by atoms with E-state index in [1.807, 2.05) is 0 Å². The average Bonchev–Trinajstić information content (AvgIpc) is 3.49. The van der Waals surface area contributed by atoms with Crippen molar-refractivity contribution in [3.63, 3.8) is 0 Å². The lowest BCUT2D eigenvalue weighted by Crippen LogP contribution is -2.17. The third kappa shape index (κ3) is 5.48. The van der Waals surface area contributed by atoms with Crippen LogP contribution in [-0.4, -0.2) is 39.0 Å². The Morgan fingerprint density at radius 2 is 2.09 bits per heavy atom. The summed E-state index contributed by atoms with van der Waals surface area (Å²) in [5.41, 5.74) is 1.43. The van der Waals surface area contributed by atoms with E-state index < -0.39 is 23.7 Å². The zero-order valence-electron chi connectivity index (χ0n) is 19.4. The number of thiophene rings is 1. The van der Waals surface area contributed by atoms with E-state index in [9.17, 15) is 18.4 Å². The van der Waals surface area contributed by atoms with Gasteiger partial charge in [0.2, 0.25) is 5.91 Å². The highest BCUT2D eigenvalue weighted by Crippen LogP contribution is 2.39. The Bertz CT molecular complexity index is 1260. The lowest BCUT2D eigenvalue weighted by atomic mass is 10.1. The van der Waals surface area contributed by atoms with E-state index >= 15 is 0 Å². The number of nitrogens with zero attached hydrogens (tertiary/aromatic N) is 3. The molecule has 35 heavy (non-hydrogen) atoms. The lowest BCUT2D eigenvalue weighted by molar-refractivity contribution is -0.113. The quantitative estimate of drug-likeness (QED) is 0.322. The molecule has 1 atom stereocenters. The molecular weight excluding hydrogens is 498 g/mol. The molecule has 0 saturated heterocycles. The second-order valence-electron chi connectivity index (χ2n) is 7.85. The number of halogens is 2. The number of benzene rings is 1. The number of ether oxygens (including phenoxy) is 2. The summed E-state index contributed by atoms with van der Waals surface area (Å²) >= 11 is 2.59. The number of nitrogens with one attached hydrogen (secondary N) is 1. The predicted octanol–water partition coefficient (Wildman–Crippen LogP) is 4.69. The summed E-state index contributed by atoms with van der Waals surface area (Å²) in [7, 11) is 1.71. The van der Waals surface area contributed by atoms with E-state index in [-0.39, 0.29) is 24.0 Å². The molecule has 1 amide bonds. The molecule has 0 bridgehead atoms. The van der Waals surface area contributed by atoms with Crippen LogP contribution in [0.25, 0.3) is 0 Å². The molecule has 1 N–H and O–H groups in total. The van der Waals surface area contributed by atoms with Crippen molar-refractivity contribution in [1.29, 1.82) is 0 Å². The second kappa shape index (κ2) is 10.7. The van der Waals surface area contributed by atoms with Crippen molar-refractivity contribution in [2.45, 2.75) is 44.4 Å². The molecule has 0 radical (unpaired) electrons.